The molecular formula is C19H26N6O3. The van der Waals surface area contributed by atoms with Gasteiger partial charge in [0.05, 0.1) is 23.6 Å². The molecule has 0 aromatic carbocycles. The maximum absolute atomic E-state index is 12.1. The number of carbonyl (C=O) groups is 2. The van der Waals surface area contributed by atoms with Crippen LogP contribution in [0.15, 0.2) is 36.1 Å². The number of urea groups is 1. The molecule has 4 N–H and O–H groups in total. The second-order valence-electron chi connectivity index (χ2n) is 5.99. The van der Waals surface area contributed by atoms with Crippen molar-refractivity contribution in [3.05, 3.63) is 36.1 Å². The van der Waals surface area contributed by atoms with Gasteiger partial charge >= 0.3 is 6.03 Å². The molecule has 0 spiro atoms. The van der Waals surface area contributed by atoms with E-state index in [9.17, 15) is 9.59 Å². The summed E-state index contributed by atoms with van der Waals surface area (Å²) in [6.07, 6.45) is 10.1. The number of hydrogen-bond acceptors (Lipinski definition) is 6. The maximum atomic E-state index is 12.1. The summed E-state index contributed by atoms with van der Waals surface area (Å²) in [6, 6.07) is 1.43. The number of ether oxygens (including phenoxy) is 1. The molecule has 0 saturated carbocycles. The number of H-pyrrole nitrogens is 1. The Bertz CT molecular complexity index is 858. The molecule has 0 saturated heterocycles. The number of nitrogens with zero attached hydrogens (tertiary/aromatic N) is 2. The lowest BCUT2D eigenvalue weighted by atomic mass is 10.0. The minimum atomic E-state index is -0.280. The number of allylic oxidation sites excluding steroid dienone is 2. The number of fused-ring (bicyclic) bond motifs is 1. The van der Waals surface area contributed by atoms with Crippen LogP contribution in [0.25, 0.3) is 10.9 Å². The Labute approximate surface area is 163 Å². The molecule has 3 rings (SSSR count). The number of aromatic amines is 1. The third-order valence-electron chi connectivity index (χ3n) is 4.03. The van der Waals surface area contributed by atoms with Crippen molar-refractivity contribution in [1.82, 2.24) is 20.5 Å². The van der Waals surface area contributed by atoms with E-state index in [2.05, 4.69) is 54.1 Å². The van der Waals surface area contributed by atoms with Crippen LogP contribution in [0.1, 0.15) is 26.7 Å². The predicted octanol–water partition coefficient (Wildman–Crippen LogP) is 2.97. The summed E-state index contributed by atoms with van der Waals surface area (Å²) >= 11 is 0. The Hall–Kier alpha value is -3.36. The minimum absolute atomic E-state index is 0.0432. The summed E-state index contributed by atoms with van der Waals surface area (Å²) in [5.41, 5.74) is 1.94. The van der Waals surface area contributed by atoms with Gasteiger partial charge in [-0.3, -0.25) is 15.2 Å². The van der Waals surface area contributed by atoms with Gasteiger partial charge in [-0.15, -0.1) is 0 Å². The fourth-order valence-corrected chi connectivity index (χ4v) is 2.63. The van der Waals surface area contributed by atoms with E-state index in [0.29, 0.717) is 18.9 Å². The van der Waals surface area contributed by atoms with Crippen molar-refractivity contribution in [2.75, 3.05) is 24.3 Å². The van der Waals surface area contributed by atoms with E-state index < -0.39 is 0 Å². The number of pyridine rings is 1. The van der Waals surface area contributed by atoms with E-state index >= 15 is 0 Å². The molecule has 2 aromatic rings. The van der Waals surface area contributed by atoms with E-state index in [1.165, 1.54) is 0 Å². The third kappa shape index (κ3) is 5.83. The van der Waals surface area contributed by atoms with Gasteiger partial charge in [-0.25, -0.2) is 9.78 Å². The summed E-state index contributed by atoms with van der Waals surface area (Å²) in [6.45, 7) is 4.63. The molecule has 1 aliphatic carbocycles. The quantitative estimate of drug-likeness (QED) is 0.566. The first-order chi connectivity index (χ1) is 13.6. The molecule has 0 radical (unpaired) electrons. The molecule has 1 aliphatic rings. The molecule has 1 unspecified atom stereocenters. The van der Waals surface area contributed by atoms with Crippen LogP contribution in [0.5, 0.6) is 0 Å². The standard InChI is InChI=1S/C16H20N6O.C3H6O2/c1-10(11-6-4-3-5-7-11)19-16(23)20-14-8-13-12(9-18-14)15(17-2)22-21-13;1-2-5-3-4/h4,6-10H,3,5H2,1-2H3,(H2,17,21,22)(H2,18,19,20,23);3H,2H2,1H3. The van der Waals surface area contributed by atoms with Gasteiger partial charge in [-0.2, -0.15) is 5.10 Å². The van der Waals surface area contributed by atoms with E-state index in [0.717, 1.165) is 35.1 Å². The van der Waals surface area contributed by atoms with Gasteiger partial charge in [0.1, 0.15) is 5.82 Å². The van der Waals surface area contributed by atoms with Gasteiger partial charge in [0.15, 0.2) is 5.82 Å². The van der Waals surface area contributed by atoms with Crippen LogP contribution in [0.2, 0.25) is 0 Å². The number of anilines is 2. The first kappa shape index (κ1) is 20.9. The molecule has 0 fully saturated rings. The highest BCUT2D eigenvalue weighted by Gasteiger charge is 2.12. The zero-order chi connectivity index (χ0) is 20.4. The first-order valence-corrected chi connectivity index (χ1v) is 9.10. The van der Waals surface area contributed by atoms with Gasteiger partial charge in [0, 0.05) is 19.3 Å². The summed E-state index contributed by atoms with van der Waals surface area (Å²) in [5, 5.41) is 16.5. The average molecular weight is 386 g/mol. The lowest BCUT2D eigenvalue weighted by Gasteiger charge is -2.17. The summed E-state index contributed by atoms with van der Waals surface area (Å²) in [4.78, 5) is 25.5. The highest BCUT2D eigenvalue weighted by atomic mass is 16.5. The monoisotopic (exact) mass is 386 g/mol. The maximum Gasteiger partial charge on any atom is 0.320 e. The van der Waals surface area contributed by atoms with Gasteiger partial charge in [-0.05, 0) is 32.3 Å². The fourth-order valence-electron chi connectivity index (χ4n) is 2.63. The Balaban J connectivity index is 0.000000500. The first-order valence-electron chi connectivity index (χ1n) is 9.10. The van der Waals surface area contributed by atoms with E-state index in [1.54, 1.807) is 26.2 Å². The van der Waals surface area contributed by atoms with Crippen LogP contribution < -0.4 is 16.0 Å². The van der Waals surface area contributed by atoms with Crippen molar-refractivity contribution >= 4 is 35.0 Å². The average Bonchev–Trinajstić information content (AvgIpc) is 3.12. The Kier molecular flexibility index (Phi) is 8.01. The zero-order valence-electron chi connectivity index (χ0n) is 16.3. The lowest BCUT2D eigenvalue weighted by molar-refractivity contribution is -0.128. The topological polar surface area (TPSA) is 121 Å². The SMILES string of the molecule is CCOC=O.CNc1n[nH]c2cc(NC(=O)NC(C)C3=CCCC=C3)ncc12. The van der Waals surface area contributed by atoms with Crippen LogP contribution >= 0.6 is 0 Å². The summed E-state index contributed by atoms with van der Waals surface area (Å²) in [7, 11) is 1.80. The molecule has 0 bridgehead atoms. The largest absolute Gasteiger partial charge is 0.468 e. The summed E-state index contributed by atoms with van der Waals surface area (Å²) < 4.78 is 4.15. The highest BCUT2D eigenvalue weighted by molar-refractivity contribution is 5.94. The molecule has 150 valence electrons. The van der Waals surface area contributed by atoms with Crippen molar-refractivity contribution in [1.29, 1.82) is 0 Å². The normalized spacial score (nSPS) is 13.6. The van der Waals surface area contributed by atoms with Crippen LogP contribution in [0, 0.1) is 0 Å². The Morgan fingerprint density at radius 1 is 1.43 bits per heavy atom. The van der Waals surface area contributed by atoms with Gasteiger partial charge < -0.3 is 15.4 Å². The Morgan fingerprint density at radius 2 is 2.25 bits per heavy atom. The van der Waals surface area contributed by atoms with Gasteiger partial charge in [0.25, 0.3) is 6.47 Å². The van der Waals surface area contributed by atoms with Crippen LogP contribution in [-0.2, 0) is 9.53 Å². The number of aromatic nitrogens is 3. The molecule has 1 atom stereocenters. The fraction of sp³-hybridized carbons (Fsp3) is 0.368. The van der Waals surface area contributed by atoms with E-state index in [1.807, 2.05) is 6.92 Å². The van der Waals surface area contributed by atoms with E-state index in [4.69, 9.17) is 0 Å². The van der Waals surface area contributed by atoms with Crippen molar-refractivity contribution in [3.63, 3.8) is 0 Å². The molecule has 0 aliphatic heterocycles. The number of nitrogens with one attached hydrogen (secondary N) is 4. The van der Waals surface area contributed by atoms with Gasteiger partial charge in [0.2, 0.25) is 0 Å². The van der Waals surface area contributed by atoms with E-state index in [-0.39, 0.29) is 12.1 Å². The molecular weight excluding hydrogens is 360 g/mol. The van der Waals surface area contributed by atoms with Crippen molar-refractivity contribution < 1.29 is 14.3 Å². The number of rotatable bonds is 6. The molecule has 28 heavy (non-hydrogen) atoms. The smallest absolute Gasteiger partial charge is 0.320 e. The van der Waals surface area contributed by atoms with Crippen molar-refractivity contribution in [2.45, 2.75) is 32.7 Å². The number of hydrogen-bond donors (Lipinski definition) is 4. The van der Waals surface area contributed by atoms with Crippen LogP contribution in [0.3, 0.4) is 0 Å². The highest BCUT2D eigenvalue weighted by Crippen LogP contribution is 2.21. The number of amides is 2. The van der Waals surface area contributed by atoms with Crippen molar-refractivity contribution in [2.24, 2.45) is 0 Å². The van der Waals surface area contributed by atoms with Crippen molar-refractivity contribution in [3.8, 4) is 0 Å². The third-order valence-corrected chi connectivity index (χ3v) is 4.03. The van der Waals surface area contributed by atoms with Crippen LogP contribution in [-0.4, -0.2) is 47.4 Å². The minimum Gasteiger partial charge on any atom is -0.468 e. The molecule has 9 heteroatoms. The molecule has 2 heterocycles. The van der Waals surface area contributed by atoms with Crippen LogP contribution in [0.4, 0.5) is 16.4 Å². The zero-order valence-corrected chi connectivity index (χ0v) is 16.3. The Morgan fingerprint density at radius 3 is 2.86 bits per heavy atom. The molecule has 2 amide bonds. The van der Waals surface area contributed by atoms with Gasteiger partial charge in [-0.1, -0.05) is 18.2 Å². The molecule has 9 nitrogen and oxygen atoms in total. The second kappa shape index (κ2) is 10.7. The lowest BCUT2D eigenvalue weighted by Crippen LogP contribution is -2.37. The predicted molar refractivity (Wildman–Crippen MR) is 109 cm³/mol. The number of carbonyl (C=O) groups excluding carboxylic acids is 2. The second-order valence-corrected chi connectivity index (χ2v) is 5.99. The summed E-state index contributed by atoms with van der Waals surface area (Å²) in [5.74, 6) is 1.20. The molecule has 2 aromatic heterocycles.